The summed E-state index contributed by atoms with van der Waals surface area (Å²) in [6, 6.07) is 2.19. The van der Waals surface area contributed by atoms with Crippen LogP contribution in [0.4, 0.5) is 19.0 Å². The highest BCUT2D eigenvalue weighted by Gasteiger charge is 2.42. The Balaban J connectivity index is 1.42. The summed E-state index contributed by atoms with van der Waals surface area (Å²) in [4.78, 5) is 14.1. The fraction of sp³-hybridized carbons (Fsp3) is 0.600. The van der Waals surface area contributed by atoms with E-state index in [-0.39, 0.29) is 24.8 Å². The third-order valence-electron chi connectivity index (χ3n) is 6.55. The number of hydrogen-bond donors (Lipinski definition) is 2. The van der Waals surface area contributed by atoms with Crippen molar-refractivity contribution in [3.63, 3.8) is 0 Å². The first kappa shape index (κ1) is 20.2. The van der Waals surface area contributed by atoms with Crippen molar-refractivity contribution in [2.45, 2.75) is 50.7 Å². The first-order chi connectivity index (χ1) is 13.9. The van der Waals surface area contributed by atoms with Crippen molar-refractivity contribution < 1.29 is 13.2 Å². The minimum absolute atomic E-state index is 0.213. The lowest BCUT2D eigenvalue weighted by atomic mass is 9.83. The van der Waals surface area contributed by atoms with Crippen LogP contribution in [0.5, 0.6) is 0 Å². The number of fused-ring (bicyclic) bond motifs is 1. The highest BCUT2D eigenvalue weighted by molar-refractivity contribution is 5.87. The predicted octanol–water partition coefficient (Wildman–Crippen LogP) is 4.07. The predicted molar refractivity (Wildman–Crippen MR) is 108 cm³/mol. The lowest BCUT2D eigenvalue weighted by molar-refractivity contribution is -0.184. The number of likely N-dealkylation sites (tertiary alicyclic amines) is 1. The topological polar surface area (TPSA) is 73.0 Å². The van der Waals surface area contributed by atoms with E-state index < -0.39 is 12.1 Å². The summed E-state index contributed by atoms with van der Waals surface area (Å²) in [5.74, 6) is 5.99. The number of halogens is 3. The van der Waals surface area contributed by atoms with Gasteiger partial charge >= 0.3 is 6.18 Å². The number of hydrogen-bond acceptors (Lipinski definition) is 5. The average molecular weight is 408 g/mol. The van der Waals surface area contributed by atoms with Crippen LogP contribution in [-0.4, -0.2) is 53.3 Å². The largest absolute Gasteiger partial charge is 0.391 e. The number of rotatable bonds is 3. The molecule has 0 radical (unpaired) electrons. The van der Waals surface area contributed by atoms with Crippen molar-refractivity contribution in [3.05, 3.63) is 23.5 Å². The number of nitrogens with two attached hydrogens (primary N) is 1. The van der Waals surface area contributed by atoms with Gasteiger partial charge < -0.3 is 9.88 Å². The van der Waals surface area contributed by atoms with Crippen LogP contribution >= 0.6 is 0 Å². The Hall–Kier alpha value is -2.13. The molecule has 1 aliphatic carbocycles. The maximum absolute atomic E-state index is 12.9. The Kier molecular flexibility index (Phi) is 5.52. The Morgan fingerprint density at radius 1 is 1.17 bits per heavy atom. The molecule has 1 saturated carbocycles. The van der Waals surface area contributed by atoms with Gasteiger partial charge in [0.25, 0.3) is 0 Å². The quantitative estimate of drug-likeness (QED) is 0.585. The molecule has 0 atom stereocenters. The molecular weight excluding hydrogens is 381 g/mol. The normalized spacial score (nSPS) is 28.3. The van der Waals surface area contributed by atoms with Gasteiger partial charge in [0.1, 0.15) is 12.2 Å². The Bertz CT molecular complexity index is 795. The second-order valence-electron chi connectivity index (χ2n) is 8.14. The number of H-pyrrole nitrogens is 1. The van der Waals surface area contributed by atoms with Crippen LogP contribution in [0.2, 0.25) is 0 Å². The first-order valence-electron chi connectivity index (χ1n) is 10.2. The van der Waals surface area contributed by atoms with Crippen molar-refractivity contribution in [3.8, 4) is 0 Å². The van der Waals surface area contributed by atoms with Crippen LogP contribution in [-0.2, 0) is 0 Å². The molecule has 1 aromatic rings. The van der Waals surface area contributed by atoms with Crippen LogP contribution in [0.15, 0.2) is 27.9 Å². The smallest absolute Gasteiger partial charge is 0.346 e. The van der Waals surface area contributed by atoms with E-state index in [1.165, 1.54) is 5.01 Å². The molecule has 0 spiro atoms. The van der Waals surface area contributed by atoms with E-state index in [1.54, 1.807) is 6.34 Å². The summed E-state index contributed by atoms with van der Waals surface area (Å²) in [5.41, 5.74) is 2.58. The molecule has 0 bridgehead atoms. The molecule has 6 nitrogen and oxygen atoms in total. The molecule has 1 saturated heterocycles. The van der Waals surface area contributed by atoms with Crippen LogP contribution in [0.25, 0.3) is 5.70 Å². The van der Waals surface area contributed by atoms with E-state index in [0.29, 0.717) is 12.8 Å². The van der Waals surface area contributed by atoms with E-state index in [9.17, 15) is 13.2 Å². The molecule has 29 heavy (non-hydrogen) atoms. The van der Waals surface area contributed by atoms with Gasteiger partial charge in [-0.3, -0.25) is 10.0 Å². The number of aromatic amines is 1. The SMILES string of the molecule is C=N/C(=C1/c2cc[nH]c2N=CN1N)C1CCN(C2CCC(C(F)(F)F)CC2)CC1. The van der Waals surface area contributed by atoms with Gasteiger partial charge in [0.2, 0.25) is 0 Å². The number of allylic oxidation sites excluding steroid dienone is 1. The van der Waals surface area contributed by atoms with Gasteiger partial charge in [0, 0.05) is 23.7 Å². The van der Waals surface area contributed by atoms with Crippen LogP contribution < -0.4 is 5.84 Å². The summed E-state index contributed by atoms with van der Waals surface area (Å²) in [5, 5.41) is 1.49. The summed E-state index contributed by atoms with van der Waals surface area (Å²) in [6.07, 6.45) is 2.86. The molecule has 9 heteroatoms. The van der Waals surface area contributed by atoms with E-state index in [0.717, 1.165) is 48.7 Å². The molecule has 3 heterocycles. The molecule has 0 aromatic carbocycles. The van der Waals surface area contributed by atoms with Crippen LogP contribution in [0.3, 0.4) is 0 Å². The number of nitrogens with one attached hydrogen (secondary N) is 1. The highest BCUT2D eigenvalue weighted by Crippen LogP contribution is 2.41. The van der Waals surface area contributed by atoms with Gasteiger partial charge in [-0.25, -0.2) is 10.8 Å². The van der Waals surface area contributed by atoms with Gasteiger partial charge in [-0.2, -0.15) is 13.2 Å². The Labute approximate surface area is 168 Å². The van der Waals surface area contributed by atoms with Gasteiger partial charge in [-0.05, 0) is 64.4 Å². The highest BCUT2D eigenvalue weighted by atomic mass is 19.4. The maximum atomic E-state index is 12.9. The van der Waals surface area contributed by atoms with Crippen molar-refractivity contribution >= 4 is 24.6 Å². The third kappa shape index (κ3) is 3.98. The summed E-state index contributed by atoms with van der Waals surface area (Å²) < 4.78 is 38.8. The summed E-state index contributed by atoms with van der Waals surface area (Å²) in [7, 11) is 0. The van der Waals surface area contributed by atoms with E-state index in [4.69, 9.17) is 5.84 Å². The summed E-state index contributed by atoms with van der Waals surface area (Å²) >= 11 is 0. The van der Waals surface area contributed by atoms with Gasteiger partial charge in [0.05, 0.1) is 17.3 Å². The molecule has 3 N–H and O–H groups in total. The first-order valence-corrected chi connectivity index (χ1v) is 10.2. The fourth-order valence-electron chi connectivity index (χ4n) is 4.95. The van der Waals surface area contributed by atoms with Crippen LogP contribution in [0, 0.1) is 11.8 Å². The van der Waals surface area contributed by atoms with Crippen molar-refractivity contribution in [2.24, 2.45) is 27.7 Å². The lowest BCUT2D eigenvalue weighted by Crippen LogP contribution is -2.44. The minimum atomic E-state index is -4.05. The van der Waals surface area contributed by atoms with E-state index >= 15 is 0 Å². The van der Waals surface area contributed by atoms with Gasteiger partial charge in [-0.1, -0.05) is 0 Å². The molecule has 2 fully saturated rings. The van der Waals surface area contributed by atoms with Crippen molar-refractivity contribution in [1.82, 2.24) is 14.9 Å². The average Bonchev–Trinajstić information content (AvgIpc) is 3.19. The number of aliphatic imine (C=N–C) groups is 2. The molecular formula is C20H27F3N6. The summed E-state index contributed by atoms with van der Waals surface area (Å²) in [6.45, 7) is 5.49. The lowest BCUT2D eigenvalue weighted by Gasteiger charge is -2.41. The Morgan fingerprint density at radius 3 is 2.48 bits per heavy atom. The standard InChI is InChI=1S/C20H27F3N6/c1-25-17(18-16-6-9-26-19(16)27-12-29(18)24)13-7-10-28(11-8-13)15-4-2-14(3-5-15)20(21,22)23/h6,9,12-15,26H,1-5,7-8,10-11,24H2/b18-17-. The molecule has 1 aromatic heterocycles. The monoisotopic (exact) mass is 408 g/mol. The number of nitrogens with zero attached hydrogens (tertiary/aromatic N) is 4. The number of alkyl halides is 3. The molecule has 0 unspecified atom stereocenters. The second-order valence-corrected chi connectivity index (χ2v) is 8.14. The van der Waals surface area contributed by atoms with E-state index in [1.807, 2.05) is 12.3 Å². The molecule has 4 rings (SSSR count). The molecule has 3 aliphatic rings. The van der Waals surface area contributed by atoms with Gasteiger partial charge in [-0.15, -0.1) is 0 Å². The zero-order valence-electron chi connectivity index (χ0n) is 16.3. The molecule has 2 aliphatic heterocycles. The zero-order valence-corrected chi connectivity index (χ0v) is 16.3. The van der Waals surface area contributed by atoms with E-state index in [2.05, 4.69) is 26.6 Å². The number of piperidine rings is 1. The molecule has 158 valence electrons. The minimum Gasteiger partial charge on any atom is -0.346 e. The fourth-order valence-corrected chi connectivity index (χ4v) is 4.95. The Morgan fingerprint density at radius 2 is 1.86 bits per heavy atom. The zero-order chi connectivity index (χ0) is 20.6. The van der Waals surface area contributed by atoms with Crippen LogP contribution in [0.1, 0.15) is 44.1 Å². The van der Waals surface area contributed by atoms with Crippen molar-refractivity contribution in [1.29, 1.82) is 0 Å². The molecule has 0 amide bonds. The number of aromatic nitrogens is 1. The van der Waals surface area contributed by atoms with Gasteiger partial charge in [0.15, 0.2) is 0 Å². The number of hydrazine groups is 1. The third-order valence-corrected chi connectivity index (χ3v) is 6.55. The van der Waals surface area contributed by atoms with Crippen molar-refractivity contribution in [2.75, 3.05) is 13.1 Å². The maximum Gasteiger partial charge on any atom is 0.391 e. The second kappa shape index (κ2) is 7.95.